The maximum atomic E-state index is 12.9. The van der Waals surface area contributed by atoms with Crippen LogP contribution >= 0.6 is 15.9 Å². The topological polar surface area (TPSA) is 68.2 Å². The molecule has 0 bridgehead atoms. The van der Waals surface area contributed by atoms with Crippen molar-refractivity contribution in [2.45, 2.75) is 0 Å². The van der Waals surface area contributed by atoms with E-state index < -0.39 is 0 Å². The third kappa shape index (κ3) is 5.12. The van der Waals surface area contributed by atoms with E-state index in [0.29, 0.717) is 29.9 Å². The van der Waals surface area contributed by atoms with E-state index in [-0.39, 0.29) is 17.4 Å². The normalized spacial score (nSPS) is 10.7. The number of benzene rings is 1. The minimum Gasteiger partial charge on any atom is -0.383 e. The Kier molecular flexibility index (Phi) is 6.69. The molecule has 2 N–H and O–H groups in total. The lowest BCUT2D eigenvalue weighted by Gasteiger charge is -2.05. The molecule has 0 aliphatic heterocycles. The molecule has 6 nitrogen and oxygen atoms in total. The zero-order chi connectivity index (χ0) is 16.7. The number of hydrogen-bond acceptors (Lipinski definition) is 4. The van der Waals surface area contributed by atoms with Crippen LogP contribution in [-0.4, -0.2) is 49.0 Å². The highest BCUT2D eigenvalue weighted by Crippen LogP contribution is 2.18. The molecule has 1 amide bonds. The molecule has 1 heterocycles. The van der Waals surface area contributed by atoms with Crippen LogP contribution < -0.4 is 10.6 Å². The van der Waals surface area contributed by atoms with Crippen LogP contribution in [0.3, 0.4) is 0 Å². The molecule has 1 aromatic carbocycles. The number of hydrogen-bond donors (Lipinski definition) is 2. The lowest BCUT2D eigenvalue weighted by molar-refractivity contribution is 0.0947. The molecule has 0 unspecified atom stereocenters. The van der Waals surface area contributed by atoms with Crippen molar-refractivity contribution in [2.24, 2.45) is 0 Å². The van der Waals surface area contributed by atoms with Crippen molar-refractivity contribution in [3.8, 4) is 5.69 Å². The Morgan fingerprint density at radius 3 is 2.74 bits per heavy atom. The van der Waals surface area contributed by atoms with E-state index in [1.54, 1.807) is 25.4 Å². The first-order chi connectivity index (χ1) is 11.1. The van der Waals surface area contributed by atoms with Gasteiger partial charge in [-0.3, -0.25) is 4.79 Å². The lowest BCUT2D eigenvalue weighted by atomic mass is 10.3. The summed E-state index contributed by atoms with van der Waals surface area (Å²) in [7, 11) is 1.64. The summed E-state index contributed by atoms with van der Waals surface area (Å²) in [5, 5.41) is 10.1. The monoisotopic (exact) mass is 384 g/mol. The Bertz CT molecular complexity index is 645. The van der Waals surface area contributed by atoms with E-state index in [2.05, 4.69) is 31.7 Å². The number of aromatic nitrogens is 2. The number of carbonyl (C=O) groups excluding carboxylic acids is 1. The van der Waals surface area contributed by atoms with Crippen LogP contribution in [-0.2, 0) is 4.74 Å². The summed E-state index contributed by atoms with van der Waals surface area (Å²) in [6.07, 6.45) is 1.67. The number of halogens is 2. The van der Waals surface area contributed by atoms with Crippen LogP contribution in [0.1, 0.15) is 10.5 Å². The number of rotatable bonds is 8. The van der Waals surface area contributed by atoms with Gasteiger partial charge in [-0.2, -0.15) is 5.10 Å². The zero-order valence-corrected chi connectivity index (χ0v) is 14.3. The highest BCUT2D eigenvalue weighted by atomic mass is 79.9. The summed E-state index contributed by atoms with van der Waals surface area (Å²) >= 11 is 3.32. The van der Waals surface area contributed by atoms with Crippen molar-refractivity contribution in [3.05, 3.63) is 46.4 Å². The zero-order valence-electron chi connectivity index (χ0n) is 12.7. The predicted octanol–water partition coefficient (Wildman–Crippen LogP) is 1.74. The first kappa shape index (κ1) is 17.6. The van der Waals surface area contributed by atoms with E-state index in [9.17, 15) is 9.18 Å². The van der Waals surface area contributed by atoms with Gasteiger partial charge >= 0.3 is 0 Å². The third-order valence-corrected chi connectivity index (χ3v) is 3.63. The molecule has 0 saturated heterocycles. The fourth-order valence-corrected chi connectivity index (χ4v) is 2.33. The van der Waals surface area contributed by atoms with Crippen molar-refractivity contribution >= 4 is 21.8 Å². The molecule has 1 aromatic heterocycles. The second-order valence-electron chi connectivity index (χ2n) is 4.75. The Morgan fingerprint density at radius 2 is 2.04 bits per heavy atom. The van der Waals surface area contributed by atoms with Gasteiger partial charge in [0.25, 0.3) is 5.91 Å². The van der Waals surface area contributed by atoms with Gasteiger partial charge in [-0.25, -0.2) is 9.07 Å². The molecule has 0 aliphatic rings. The third-order valence-electron chi connectivity index (χ3n) is 3.05. The van der Waals surface area contributed by atoms with Crippen LogP contribution in [0.5, 0.6) is 0 Å². The van der Waals surface area contributed by atoms with Gasteiger partial charge in [-0.05, 0) is 40.2 Å². The van der Waals surface area contributed by atoms with Gasteiger partial charge in [-0.15, -0.1) is 0 Å². The van der Waals surface area contributed by atoms with Crippen molar-refractivity contribution in [1.29, 1.82) is 0 Å². The lowest BCUT2D eigenvalue weighted by Crippen LogP contribution is -2.33. The molecule has 0 spiro atoms. The van der Waals surface area contributed by atoms with Crippen LogP contribution in [0.4, 0.5) is 4.39 Å². The Hall–Kier alpha value is -1.77. The molecular weight excluding hydrogens is 367 g/mol. The largest absolute Gasteiger partial charge is 0.383 e. The van der Waals surface area contributed by atoms with Crippen molar-refractivity contribution in [1.82, 2.24) is 20.4 Å². The summed E-state index contributed by atoms with van der Waals surface area (Å²) < 4.78 is 20.0. The minimum atomic E-state index is -0.320. The van der Waals surface area contributed by atoms with Crippen LogP contribution in [0.15, 0.2) is 34.9 Å². The Morgan fingerprint density at radius 1 is 1.30 bits per heavy atom. The summed E-state index contributed by atoms with van der Waals surface area (Å²) in [4.78, 5) is 12.1. The van der Waals surface area contributed by atoms with E-state index in [4.69, 9.17) is 4.74 Å². The number of amides is 1. The number of carbonyl (C=O) groups is 1. The summed E-state index contributed by atoms with van der Waals surface area (Å²) in [6, 6.07) is 5.87. The second kappa shape index (κ2) is 8.76. The second-order valence-corrected chi connectivity index (χ2v) is 5.60. The summed E-state index contributed by atoms with van der Waals surface area (Å²) in [5.41, 5.74) is 0.957. The van der Waals surface area contributed by atoms with Crippen LogP contribution in [0.25, 0.3) is 5.69 Å². The van der Waals surface area contributed by atoms with Crippen LogP contribution in [0.2, 0.25) is 0 Å². The van der Waals surface area contributed by atoms with Gasteiger partial charge < -0.3 is 15.4 Å². The van der Waals surface area contributed by atoms with Gasteiger partial charge in [0.2, 0.25) is 0 Å². The quantitative estimate of drug-likeness (QED) is 0.680. The average molecular weight is 385 g/mol. The molecule has 2 rings (SSSR count). The van der Waals surface area contributed by atoms with E-state index in [1.165, 1.54) is 16.8 Å². The molecule has 2 aromatic rings. The number of ether oxygens (including phenoxy) is 1. The summed E-state index contributed by atoms with van der Waals surface area (Å²) in [5.74, 6) is -0.592. The average Bonchev–Trinajstić information content (AvgIpc) is 2.93. The molecule has 0 fully saturated rings. The van der Waals surface area contributed by atoms with Crippen molar-refractivity contribution < 1.29 is 13.9 Å². The molecule has 0 saturated carbocycles. The maximum absolute atomic E-state index is 12.9. The van der Waals surface area contributed by atoms with E-state index in [0.717, 1.165) is 6.54 Å². The fraction of sp³-hybridized carbons (Fsp3) is 0.333. The molecular formula is C15H18BrFN4O2. The SMILES string of the molecule is COCCNCCNC(=O)c1nn(-c2ccc(F)cc2)cc1Br. The number of nitrogens with one attached hydrogen (secondary N) is 2. The highest BCUT2D eigenvalue weighted by Gasteiger charge is 2.15. The maximum Gasteiger partial charge on any atom is 0.273 e. The van der Waals surface area contributed by atoms with E-state index >= 15 is 0 Å². The molecule has 0 aliphatic carbocycles. The van der Waals surface area contributed by atoms with E-state index in [1.807, 2.05) is 0 Å². The number of nitrogens with zero attached hydrogens (tertiary/aromatic N) is 2. The predicted molar refractivity (Wildman–Crippen MR) is 88.3 cm³/mol. The molecule has 124 valence electrons. The smallest absolute Gasteiger partial charge is 0.273 e. The van der Waals surface area contributed by atoms with Crippen molar-refractivity contribution in [2.75, 3.05) is 33.4 Å². The van der Waals surface area contributed by atoms with Gasteiger partial charge in [0.1, 0.15) is 5.82 Å². The van der Waals surface area contributed by atoms with Gasteiger partial charge in [0.15, 0.2) is 5.69 Å². The Labute approximate surface area is 142 Å². The van der Waals surface area contributed by atoms with Gasteiger partial charge in [-0.1, -0.05) is 0 Å². The first-order valence-electron chi connectivity index (χ1n) is 7.11. The van der Waals surface area contributed by atoms with Crippen LogP contribution in [0, 0.1) is 5.82 Å². The van der Waals surface area contributed by atoms with Gasteiger partial charge in [0, 0.05) is 32.9 Å². The number of methoxy groups -OCH3 is 1. The summed E-state index contributed by atoms with van der Waals surface area (Å²) in [6.45, 7) is 2.49. The molecule has 0 atom stereocenters. The minimum absolute atomic E-state index is 0.272. The van der Waals surface area contributed by atoms with Gasteiger partial charge in [0.05, 0.1) is 16.8 Å². The first-order valence-corrected chi connectivity index (χ1v) is 7.90. The van der Waals surface area contributed by atoms with Crippen molar-refractivity contribution in [3.63, 3.8) is 0 Å². The molecule has 23 heavy (non-hydrogen) atoms. The Balaban J connectivity index is 1.92. The standard InChI is InChI=1S/C15H18BrFN4O2/c1-23-9-8-18-6-7-19-15(22)14-13(16)10-21(20-14)12-4-2-11(17)3-5-12/h2-5,10,18H,6-9H2,1H3,(H,19,22). The fourth-order valence-electron chi connectivity index (χ4n) is 1.88. The molecule has 0 radical (unpaired) electrons. The highest BCUT2D eigenvalue weighted by molar-refractivity contribution is 9.10. The molecule has 8 heteroatoms.